The molecule has 1 atom stereocenters. The van der Waals surface area contributed by atoms with Crippen LogP contribution < -0.4 is 0 Å². The van der Waals surface area contributed by atoms with Gasteiger partial charge in [-0.2, -0.15) is 4.98 Å². The Morgan fingerprint density at radius 3 is 2.56 bits per heavy atom. The van der Waals surface area contributed by atoms with Crippen LogP contribution in [0.15, 0.2) is 42.7 Å². The van der Waals surface area contributed by atoms with E-state index in [0.29, 0.717) is 51.3 Å². The van der Waals surface area contributed by atoms with E-state index in [1.54, 1.807) is 36.7 Å². The largest absolute Gasteiger partial charge is 0.323 e. The van der Waals surface area contributed by atoms with Crippen molar-refractivity contribution in [3.05, 3.63) is 70.2 Å². The first-order valence-corrected chi connectivity index (χ1v) is 12.5. The van der Waals surface area contributed by atoms with Crippen LogP contribution in [0.4, 0.5) is 4.39 Å². The highest BCUT2D eigenvalue weighted by molar-refractivity contribution is 6.31. The normalized spacial score (nSPS) is 19.4. The summed E-state index contributed by atoms with van der Waals surface area (Å²) in [6, 6.07) is 8.27. The van der Waals surface area contributed by atoms with Crippen molar-refractivity contribution >= 4 is 46.0 Å². The van der Waals surface area contributed by atoms with Crippen molar-refractivity contribution < 1.29 is 4.39 Å². The number of hydrogen-bond donors (Lipinski definition) is 0. The zero-order valence-electron chi connectivity index (χ0n) is 18.6. The summed E-state index contributed by atoms with van der Waals surface area (Å²) in [4.78, 5) is 17.9. The number of alkyl halides is 1. The highest BCUT2D eigenvalue weighted by atomic mass is 35.5. The maximum Gasteiger partial charge on any atom is 0.225 e. The number of fused-ring (bicyclic) bond motifs is 1. The molecule has 0 spiro atoms. The van der Waals surface area contributed by atoms with E-state index in [4.69, 9.17) is 39.8 Å². The van der Waals surface area contributed by atoms with Gasteiger partial charge in [0.1, 0.15) is 28.2 Å². The molecule has 0 amide bonds. The molecule has 4 aromatic rings. The number of nitrogens with zero attached hydrogens (tertiary/aromatic N) is 5. The Balaban J connectivity index is 1.71. The number of imidazole rings is 1. The number of hydrogen-bond acceptors (Lipinski definition) is 4. The molecule has 176 valence electrons. The third kappa shape index (κ3) is 4.64. The molecule has 3 aromatic heterocycles. The van der Waals surface area contributed by atoms with Gasteiger partial charge in [0.25, 0.3) is 0 Å². The molecular formula is C25H23Cl3FN5. The van der Waals surface area contributed by atoms with Crippen LogP contribution in [0.3, 0.4) is 0 Å². The molecule has 1 aliphatic rings. The first-order valence-electron chi connectivity index (χ1n) is 11.3. The third-order valence-corrected chi connectivity index (χ3v) is 7.37. The quantitative estimate of drug-likeness (QED) is 0.203. The Morgan fingerprint density at radius 2 is 1.82 bits per heavy atom. The van der Waals surface area contributed by atoms with Crippen molar-refractivity contribution in [2.24, 2.45) is 11.8 Å². The smallest absolute Gasteiger partial charge is 0.225 e. The van der Waals surface area contributed by atoms with Gasteiger partial charge in [-0.25, -0.2) is 14.4 Å². The summed E-state index contributed by atoms with van der Waals surface area (Å²) in [6.45, 7) is 2.98. The predicted molar refractivity (Wildman–Crippen MR) is 134 cm³/mol. The minimum atomic E-state index is -0.804. The SMILES string of the molecule is CC1CCC(Cn2c(C(Cl)c3ccccc3F)nc3nc(Cl)nc(-c4cncc(Cl)c4)c32)CC1. The molecule has 0 N–H and O–H groups in total. The van der Waals surface area contributed by atoms with Gasteiger partial charge in [-0.1, -0.05) is 49.6 Å². The summed E-state index contributed by atoms with van der Waals surface area (Å²) < 4.78 is 16.7. The van der Waals surface area contributed by atoms with E-state index in [2.05, 4.69) is 21.9 Å². The zero-order valence-corrected chi connectivity index (χ0v) is 20.8. The molecule has 3 heterocycles. The van der Waals surface area contributed by atoms with Crippen LogP contribution in [0.5, 0.6) is 0 Å². The lowest BCUT2D eigenvalue weighted by Crippen LogP contribution is -2.20. The second-order valence-electron chi connectivity index (χ2n) is 9.00. The maximum atomic E-state index is 14.7. The number of aromatic nitrogens is 5. The second kappa shape index (κ2) is 9.76. The van der Waals surface area contributed by atoms with Gasteiger partial charge in [0.15, 0.2) is 5.65 Å². The molecule has 1 unspecified atom stereocenters. The monoisotopic (exact) mass is 517 g/mol. The van der Waals surface area contributed by atoms with E-state index in [-0.39, 0.29) is 11.1 Å². The Kier molecular flexibility index (Phi) is 6.74. The minimum absolute atomic E-state index is 0.0576. The van der Waals surface area contributed by atoms with Crippen LogP contribution in [0, 0.1) is 17.7 Å². The highest BCUT2D eigenvalue weighted by Gasteiger charge is 2.28. The van der Waals surface area contributed by atoms with Gasteiger partial charge in [0.05, 0.1) is 5.02 Å². The van der Waals surface area contributed by atoms with Gasteiger partial charge in [0, 0.05) is 30.1 Å². The number of halogens is 4. The van der Waals surface area contributed by atoms with Gasteiger partial charge < -0.3 is 4.57 Å². The summed E-state index contributed by atoms with van der Waals surface area (Å²) in [5.41, 5.74) is 2.75. The van der Waals surface area contributed by atoms with Crippen molar-refractivity contribution in [3.63, 3.8) is 0 Å². The lowest BCUT2D eigenvalue weighted by Gasteiger charge is -2.27. The van der Waals surface area contributed by atoms with Gasteiger partial charge >= 0.3 is 0 Å². The molecule has 1 saturated carbocycles. The molecule has 9 heteroatoms. The summed E-state index contributed by atoms with van der Waals surface area (Å²) in [5.74, 6) is 1.31. The van der Waals surface area contributed by atoms with E-state index >= 15 is 0 Å². The van der Waals surface area contributed by atoms with E-state index in [0.717, 1.165) is 18.8 Å². The van der Waals surface area contributed by atoms with Crippen molar-refractivity contribution in [2.75, 3.05) is 0 Å². The lowest BCUT2D eigenvalue weighted by atomic mass is 9.83. The molecule has 1 fully saturated rings. The Labute approximate surface area is 212 Å². The van der Waals surface area contributed by atoms with Crippen LogP contribution >= 0.6 is 34.8 Å². The maximum absolute atomic E-state index is 14.7. The van der Waals surface area contributed by atoms with Gasteiger partial charge in [-0.05, 0) is 48.4 Å². The van der Waals surface area contributed by atoms with Crippen molar-refractivity contribution in [2.45, 2.75) is 44.5 Å². The van der Waals surface area contributed by atoms with E-state index < -0.39 is 5.38 Å². The number of pyridine rings is 1. The Morgan fingerprint density at radius 1 is 1.06 bits per heavy atom. The van der Waals surface area contributed by atoms with Crippen LogP contribution in [0.1, 0.15) is 49.4 Å². The van der Waals surface area contributed by atoms with E-state index in [1.165, 1.54) is 18.9 Å². The molecule has 0 bridgehead atoms. The first kappa shape index (κ1) is 23.5. The van der Waals surface area contributed by atoms with Crippen LogP contribution in [-0.2, 0) is 6.54 Å². The lowest BCUT2D eigenvalue weighted by molar-refractivity contribution is 0.265. The van der Waals surface area contributed by atoms with Crippen LogP contribution in [0.2, 0.25) is 10.3 Å². The molecule has 0 aliphatic heterocycles. The average Bonchev–Trinajstić information content (AvgIpc) is 3.17. The standard InChI is InChI=1S/C25H23Cl3FN5/c1-14-6-8-15(9-7-14)13-34-22-21(16-10-17(26)12-30-11-16)31-25(28)33-23(22)32-24(34)20(27)18-4-2-3-5-19(18)29/h2-5,10-12,14-15,20H,6-9,13H2,1H3. The van der Waals surface area contributed by atoms with Crippen LogP contribution in [-0.4, -0.2) is 24.5 Å². The molecule has 1 aliphatic carbocycles. The zero-order chi connectivity index (χ0) is 23.8. The number of rotatable bonds is 5. The second-order valence-corrected chi connectivity index (χ2v) is 10.2. The molecule has 0 saturated heterocycles. The number of benzene rings is 1. The van der Waals surface area contributed by atoms with E-state index in [1.807, 2.05) is 4.57 Å². The summed E-state index contributed by atoms with van der Waals surface area (Å²) in [7, 11) is 0. The van der Waals surface area contributed by atoms with E-state index in [9.17, 15) is 4.39 Å². The van der Waals surface area contributed by atoms with Gasteiger partial charge in [-0.15, -0.1) is 11.6 Å². The van der Waals surface area contributed by atoms with Gasteiger partial charge in [0.2, 0.25) is 5.28 Å². The average molecular weight is 519 g/mol. The molecule has 1 aromatic carbocycles. The molecule has 5 nitrogen and oxygen atoms in total. The third-order valence-electron chi connectivity index (χ3n) is 6.56. The highest BCUT2D eigenvalue weighted by Crippen LogP contribution is 2.38. The molecular weight excluding hydrogens is 496 g/mol. The molecule has 0 radical (unpaired) electrons. The van der Waals surface area contributed by atoms with Gasteiger partial charge in [-0.3, -0.25) is 4.98 Å². The Bertz CT molecular complexity index is 1330. The fraction of sp³-hybridized carbons (Fsp3) is 0.360. The van der Waals surface area contributed by atoms with Crippen molar-refractivity contribution in [1.82, 2.24) is 24.5 Å². The van der Waals surface area contributed by atoms with Crippen molar-refractivity contribution in [1.29, 1.82) is 0 Å². The fourth-order valence-corrected chi connectivity index (χ4v) is 5.42. The summed E-state index contributed by atoms with van der Waals surface area (Å²) >= 11 is 19.4. The molecule has 5 rings (SSSR count). The van der Waals surface area contributed by atoms with Crippen molar-refractivity contribution in [3.8, 4) is 11.3 Å². The minimum Gasteiger partial charge on any atom is -0.323 e. The topological polar surface area (TPSA) is 56.5 Å². The summed E-state index contributed by atoms with van der Waals surface area (Å²) in [5, 5.41) is -0.265. The fourth-order valence-electron chi connectivity index (χ4n) is 4.74. The summed E-state index contributed by atoms with van der Waals surface area (Å²) in [6.07, 6.45) is 7.81. The van der Waals surface area contributed by atoms with Crippen LogP contribution in [0.25, 0.3) is 22.4 Å². The predicted octanol–water partition coefficient (Wildman–Crippen LogP) is 7.49. The first-order chi connectivity index (χ1) is 16.4. The Hall–Kier alpha value is -2.28. The molecule has 34 heavy (non-hydrogen) atoms.